The summed E-state index contributed by atoms with van der Waals surface area (Å²) in [7, 11) is 0. The van der Waals surface area contributed by atoms with Gasteiger partial charge >= 0.3 is 0 Å². The molecule has 4 rings (SSSR count). The average Bonchev–Trinajstić information content (AvgIpc) is 3.10. The average molecular weight is 443 g/mol. The Hall–Kier alpha value is -4.06. The molecule has 168 valence electrons. The number of carbonyl (C=O) groups is 2. The molecular formula is C27H26N2O4. The lowest BCUT2D eigenvalue weighted by Crippen LogP contribution is -2.35. The minimum atomic E-state index is -0.437. The van der Waals surface area contributed by atoms with Gasteiger partial charge in [0.15, 0.2) is 0 Å². The Kier molecular flexibility index (Phi) is 6.74. The summed E-state index contributed by atoms with van der Waals surface area (Å²) in [6.07, 6.45) is 2.53. The summed E-state index contributed by atoms with van der Waals surface area (Å²) in [5, 5.41) is 1.25. The summed E-state index contributed by atoms with van der Waals surface area (Å²) in [5.74, 6) is 0.642. The highest BCUT2D eigenvalue weighted by Gasteiger charge is 2.34. The molecule has 3 aromatic rings. The van der Waals surface area contributed by atoms with Gasteiger partial charge in [-0.05, 0) is 72.5 Å². The Bertz CT molecular complexity index is 1190. The van der Waals surface area contributed by atoms with Crippen LogP contribution < -0.4 is 19.9 Å². The van der Waals surface area contributed by atoms with E-state index in [1.54, 1.807) is 24.3 Å². The van der Waals surface area contributed by atoms with Crippen LogP contribution in [0.5, 0.6) is 11.5 Å². The van der Waals surface area contributed by atoms with E-state index in [0.29, 0.717) is 30.2 Å². The number of benzene rings is 3. The third kappa shape index (κ3) is 5.41. The molecule has 6 nitrogen and oxygen atoms in total. The second-order valence-corrected chi connectivity index (χ2v) is 7.75. The number of nitrogens with one attached hydrogen (secondary N) is 1. The molecule has 2 amide bonds. The first-order chi connectivity index (χ1) is 16.0. The molecular weight excluding hydrogens is 416 g/mol. The van der Waals surface area contributed by atoms with Crippen LogP contribution in [-0.2, 0) is 16.0 Å². The van der Waals surface area contributed by atoms with E-state index in [1.165, 1.54) is 16.1 Å². The van der Waals surface area contributed by atoms with Crippen LogP contribution in [0, 0.1) is 6.92 Å². The van der Waals surface area contributed by atoms with Gasteiger partial charge in [-0.1, -0.05) is 43.3 Å². The quantitative estimate of drug-likeness (QED) is 0.317. The number of rotatable bonds is 8. The number of hydrazine groups is 1. The van der Waals surface area contributed by atoms with Crippen molar-refractivity contribution in [2.24, 2.45) is 0 Å². The van der Waals surface area contributed by atoms with E-state index in [0.717, 1.165) is 12.2 Å². The van der Waals surface area contributed by atoms with Crippen LogP contribution >= 0.6 is 0 Å². The van der Waals surface area contributed by atoms with Crippen LogP contribution in [0.1, 0.15) is 23.6 Å². The third-order valence-electron chi connectivity index (χ3n) is 5.21. The van der Waals surface area contributed by atoms with Gasteiger partial charge < -0.3 is 9.47 Å². The zero-order valence-corrected chi connectivity index (χ0v) is 18.7. The lowest BCUT2D eigenvalue weighted by atomic mass is 10.1. The molecule has 0 bridgehead atoms. The fourth-order valence-electron chi connectivity index (χ4n) is 3.61. The van der Waals surface area contributed by atoms with Gasteiger partial charge in [0.25, 0.3) is 11.8 Å². The van der Waals surface area contributed by atoms with Gasteiger partial charge in [-0.15, -0.1) is 0 Å². The van der Waals surface area contributed by atoms with Crippen LogP contribution in [0.25, 0.3) is 6.08 Å². The predicted octanol–water partition coefficient (Wildman–Crippen LogP) is 4.48. The number of nitrogens with zero attached hydrogens (tertiary/aromatic N) is 1. The van der Waals surface area contributed by atoms with Crippen molar-refractivity contribution in [3.8, 4) is 11.5 Å². The number of carbonyl (C=O) groups excluding carboxylic acids is 2. The molecule has 0 unspecified atom stereocenters. The van der Waals surface area contributed by atoms with Crippen molar-refractivity contribution in [2.45, 2.75) is 20.3 Å². The van der Waals surface area contributed by atoms with Crippen molar-refractivity contribution in [1.82, 2.24) is 5.43 Å². The highest BCUT2D eigenvalue weighted by molar-refractivity contribution is 6.31. The molecule has 1 fully saturated rings. The van der Waals surface area contributed by atoms with Gasteiger partial charge in [-0.3, -0.25) is 15.0 Å². The van der Waals surface area contributed by atoms with Crippen molar-refractivity contribution < 1.29 is 19.1 Å². The highest BCUT2D eigenvalue weighted by atomic mass is 16.5. The van der Waals surface area contributed by atoms with E-state index in [9.17, 15) is 9.59 Å². The van der Waals surface area contributed by atoms with Crippen LogP contribution in [-0.4, -0.2) is 25.0 Å². The summed E-state index contributed by atoms with van der Waals surface area (Å²) in [6.45, 7) is 4.95. The number of amides is 2. The van der Waals surface area contributed by atoms with Crippen molar-refractivity contribution in [2.75, 3.05) is 18.2 Å². The Morgan fingerprint density at radius 1 is 0.879 bits per heavy atom. The van der Waals surface area contributed by atoms with Crippen LogP contribution in [0.2, 0.25) is 0 Å². The second-order valence-electron chi connectivity index (χ2n) is 7.75. The summed E-state index contributed by atoms with van der Waals surface area (Å²) >= 11 is 0. The van der Waals surface area contributed by atoms with Gasteiger partial charge in [0.2, 0.25) is 0 Å². The zero-order valence-electron chi connectivity index (χ0n) is 18.7. The number of ether oxygens (including phenoxy) is 2. The van der Waals surface area contributed by atoms with Gasteiger partial charge in [0, 0.05) is 0 Å². The van der Waals surface area contributed by atoms with Crippen LogP contribution in [0.15, 0.2) is 78.4 Å². The second kappa shape index (κ2) is 10.0. The largest absolute Gasteiger partial charge is 0.490 e. The molecule has 1 heterocycles. The maximum Gasteiger partial charge on any atom is 0.282 e. The Balaban J connectivity index is 1.38. The molecule has 0 aromatic heterocycles. The van der Waals surface area contributed by atoms with E-state index in [1.807, 2.05) is 48.5 Å². The standard InChI is InChI=1S/C27H26N2O4/c1-3-20-14-19(2)15-24(16-20)33-13-12-32-23-11-7-8-21(17-23)18-25-26(30)28-29(27(25)31)22-9-5-4-6-10-22/h4-11,14-18H,3,12-13H2,1-2H3,(H,28,30)/b25-18-. The molecule has 3 aromatic carbocycles. The lowest BCUT2D eigenvalue weighted by Gasteiger charge is -2.13. The molecule has 0 saturated carbocycles. The smallest absolute Gasteiger partial charge is 0.282 e. The Morgan fingerprint density at radius 2 is 1.64 bits per heavy atom. The molecule has 1 saturated heterocycles. The zero-order chi connectivity index (χ0) is 23.2. The number of hydrogen-bond donors (Lipinski definition) is 1. The molecule has 1 aliphatic heterocycles. The molecule has 6 heteroatoms. The minimum Gasteiger partial charge on any atom is -0.490 e. The van der Waals surface area contributed by atoms with Crippen molar-refractivity contribution >= 4 is 23.6 Å². The fraction of sp³-hybridized carbons (Fsp3) is 0.185. The van der Waals surface area contributed by atoms with E-state index >= 15 is 0 Å². The molecule has 0 radical (unpaired) electrons. The first-order valence-electron chi connectivity index (χ1n) is 10.9. The van der Waals surface area contributed by atoms with E-state index in [4.69, 9.17) is 9.47 Å². The molecule has 0 aliphatic carbocycles. The van der Waals surface area contributed by atoms with Gasteiger partial charge in [-0.25, -0.2) is 5.01 Å². The molecule has 0 atom stereocenters. The van der Waals surface area contributed by atoms with Gasteiger partial charge in [0.1, 0.15) is 30.3 Å². The predicted molar refractivity (Wildman–Crippen MR) is 128 cm³/mol. The minimum absolute atomic E-state index is 0.0745. The first-order valence-corrected chi connectivity index (χ1v) is 10.9. The number of anilines is 1. The maximum atomic E-state index is 12.7. The maximum absolute atomic E-state index is 12.7. The van der Waals surface area contributed by atoms with Crippen molar-refractivity contribution in [3.63, 3.8) is 0 Å². The van der Waals surface area contributed by atoms with Gasteiger partial charge in [0.05, 0.1) is 5.69 Å². The normalized spacial score (nSPS) is 14.5. The van der Waals surface area contributed by atoms with Crippen LogP contribution in [0.3, 0.4) is 0 Å². The molecule has 1 N–H and O–H groups in total. The lowest BCUT2D eigenvalue weighted by molar-refractivity contribution is -0.117. The summed E-state index contributed by atoms with van der Waals surface area (Å²) in [4.78, 5) is 25.1. The Labute approximate surface area is 193 Å². The van der Waals surface area contributed by atoms with Crippen molar-refractivity contribution in [1.29, 1.82) is 0 Å². The van der Waals surface area contributed by atoms with Gasteiger partial charge in [-0.2, -0.15) is 0 Å². The Morgan fingerprint density at radius 3 is 2.39 bits per heavy atom. The fourth-order valence-corrected chi connectivity index (χ4v) is 3.61. The number of hydrogen-bond acceptors (Lipinski definition) is 4. The monoisotopic (exact) mass is 442 g/mol. The topological polar surface area (TPSA) is 67.9 Å². The van der Waals surface area contributed by atoms with E-state index in [2.05, 4.69) is 25.3 Å². The highest BCUT2D eigenvalue weighted by Crippen LogP contribution is 2.23. The van der Waals surface area contributed by atoms with E-state index < -0.39 is 11.8 Å². The SMILES string of the molecule is CCc1cc(C)cc(OCCOc2cccc(/C=C3/C(=O)NN(c4ccccc4)C3=O)c2)c1. The molecule has 33 heavy (non-hydrogen) atoms. The summed E-state index contributed by atoms with van der Waals surface area (Å²) < 4.78 is 11.6. The van der Waals surface area contributed by atoms with Crippen LogP contribution in [0.4, 0.5) is 5.69 Å². The van der Waals surface area contributed by atoms with E-state index in [-0.39, 0.29) is 5.57 Å². The van der Waals surface area contributed by atoms with Crippen molar-refractivity contribution in [3.05, 3.63) is 95.1 Å². The molecule has 1 aliphatic rings. The summed E-state index contributed by atoms with van der Waals surface area (Å²) in [6, 6.07) is 22.5. The number of para-hydroxylation sites is 1. The molecule has 0 spiro atoms. The third-order valence-corrected chi connectivity index (χ3v) is 5.21. The number of aryl methyl sites for hydroxylation is 2. The first kappa shape index (κ1) is 22.1. The summed E-state index contributed by atoms with van der Waals surface area (Å²) in [5.41, 5.74) is 6.39.